The Labute approximate surface area is 232 Å². The van der Waals surface area contributed by atoms with E-state index in [1.54, 1.807) is 25.7 Å². The van der Waals surface area contributed by atoms with Gasteiger partial charge in [-0.25, -0.2) is 18.0 Å². The van der Waals surface area contributed by atoms with Crippen LogP contribution in [0, 0.1) is 17.6 Å². The summed E-state index contributed by atoms with van der Waals surface area (Å²) in [5, 5.41) is 0.973. The Kier molecular flexibility index (Phi) is 7.01. The largest absolute Gasteiger partial charge is 0.444 e. The highest BCUT2D eigenvalue weighted by molar-refractivity contribution is 5.99. The summed E-state index contributed by atoms with van der Waals surface area (Å²) in [7, 11) is 0. The Morgan fingerprint density at radius 1 is 1.05 bits per heavy atom. The van der Waals surface area contributed by atoms with Gasteiger partial charge in [0.05, 0.1) is 12.0 Å². The number of benzene rings is 2. The number of nitrogens with zero attached hydrogens (tertiary/aromatic N) is 2. The average molecular weight is 556 g/mol. The number of aromatic nitrogens is 1. The van der Waals surface area contributed by atoms with Crippen molar-refractivity contribution >= 4 is 22.8 Å². The Balaban J connectivity index is 1.48. The quantitative estimate of drug-likeness (QED) is 0.361. The van der Waals surface area contributed by atoms with Gasteiger partial charge in [-0.3, -0.25) is 9.69 Å². The van der Waals surface area contributed by atoms with Gasteiger partial charge in [-0.1, -0.05) is 18.2 Å². The number of aromatic amines is 1. The number of H-pyrrole nitrogens is 1. The Hall–Kier alpha value is -3.33. The van der Waals surface area contributed by atoms with Crippen molar-refractivity contribution in [1.29, 1.82) is 0 Å². The van der Waals surface area contributed by atoms with Crippen molar-refractivity contribution in [3.8, 4) is 0 Å². The third-order valence-electron chi connectivity index (χ3n) is 7.62. The second-order valence-corrected chi connectivity index (χ2v) is 12.7. The molecule has 6 nitrogen and oxygen atoms in total. The number of carbonyl (C=O) groups is 2. The number of hydrogen-bond acceptors (Lipinski definition) is 4. The summed E-state index contributed by atoms with van der Waals surface area (Å²) in [5.74, 6) is -2.74. The van der Waals surface area contributed by atoms with Crippen molar-refractivity contribution in [3.63, 3.8) is 0 Å². The van der Waals surface area contributed by atoms with Gasteiger partial charge in [0.1, 0.15) is 22.9 Å². The van der Waals surface area contributed by atoms with Crippen LogP contribution in [-0.2, 0) is 11.2 Å². The summed E-state index contributed by atoms with van der Waals surface area (Å²) in [6.45, 7) is 10.3. The molecule has 2 aliphatic rings. The lowest BCUT2D eigenvalue weighted by atomic mass is 9.85. The molecule has 0 bridgehead atoms. The zero-order chi connectivity index (χ0) is 29.1. The maximum Gasteiger partial charge on any atom is 0.410 e. The van der Waals surface area contributed by atoms with Crippen molar-refractivity contribution in [1.82, 2.24) is 14.8 Å². The molecule has 3 aromatic rings. The molecule has 0 radical (unpaired) electrons. The first-order valence-electron chi connectivity index (χ1n) is 13.7. The second kappa shape index (κ2) is 9.94. The van der Waals surface area contributed by atoms with Gasteiger partial charge in [0.2, 0.25) is 0 Å². The standard InChI is InChI=1S/C31H36F3N3O3/c1-17-11-21-20-9-7-8-10-24(20)35-26(21)27(37(17)16-31(5,6)34)25-22(32)12-18(13-23(25)33)28(38)19-14-36(15-19)29(39)40-30(2,3)4/h7-10,12-13,17,19,27,35H,11,14-16H2,1-6H3/t17-,27-/m1/s1. The minimum Gasteiger partial charge on any atom is -0.444 e. The van der Waals surface area contributed by atoms with Gasteiger partial charge in [-0.05, 0) is 71.7 Å². The molecule has 214 valence electrons. The van der Waals surface area contributed by atoms with Gasteiger partial charge in [-0.2, -0.15) is 0 Å². The minimum atomic E-state index is -1.61. The molecule has 0 spiro atoms. The molecule has 1 saturated heterocycles. The van der Waals surface area contributed by atoms with E-state index in [1.165, 1.54) is 18.7 Å². The van der Waals surface area contributed by atoms with Crippen molar-refractivity contribution in [2.45, 2.75) is 71.3 Å². The zero-order valence-corrected chi connectivity index (χ0v) is 23.8. The predicted octanol–water partition coefficient (Wildman–Crippen LogP) is 6.58. The van der Waals surface area contributed by atoms with Gasteiger partial charge in [0.15, 0.2) is 5.78 Å². The summed E-state index contributed by atoms with van der Waals surface area (Å²) >= 11 is 0. The lowest BCUT2D eigenvalue weighted by molar-refractivity contribution is 0.00146. The molecule has 1 amide bonds. The normalized spacial score (nSPS) is 20.4. The highest BCUT2D eigenvalue weighted by Crippen LogP contribution is 2.43. The molecule has 0 saturated carbocycles. The van der Waals surface area contributed by atoms with E-state index in [1.807, 2.05) is 31.2 Å². The number of Topliss-reactive ketones (excluding diaryl/α,β-unsaturated/α-hetero) is 1. The van der Waals surface area contributed by atoms with Crippen LogP contribution in [0.2, 0.25) is 0 Å². The molecule has 5 rings (SSSR count). The fourth-order valence-electron chi connectivity index (χ4n) is 5.84. The van der Waals surface area contributed by atoms with Gasteiger partial charge in [0.25, 0.3) is 0 Å². The number of ether oxygens (including phenoxy) is 1. The monoisotopic (exact) mass is 555 g/mol. The first-order chi connectivity index (χ1) is 18.6. The van der Waals surface area contributed by atoms with Gasteiger partial charge < -0.3 is 14.6 Å². The molecule has 1 aromatic heterocycles. The van der Waals surface area contributed by atoms with Crippen LogP contribution in [0.3, 0.4) is 0 Å². The maximum absolute atomic E-state index is 15.9. The molecular weight excluding hydrogens is 519 g/mol. The molecule has 2 aliphatic heterocycles. The van der Waals surface area contributed by atoms with E-state index in [0.29, 0.717) is 12.1 Å². The van der Waals surface area contributed by atoms with Crippen LogP contribution in [0.15, 0.2) is 36.4 Å². The average Bonchev–Trinajstić information content (AvgIpc) is 3.15. The van der Waals surface area contributed by atoms with Crippen LogP contribution in [0.4, 0.5) is 18.0 Å². The number of likely N-dealkylation sites (tertiary alicyclic amines) is 1. The summed E-state index contributed by atoms with van der Waals surface area (Å²) in [4.78, 5) is 31.9. The summed E-state index contributed by atoms with van der Waals surface area (Å²) < 4.78 is 52.1. The minimum absolute atomic E-state index is 0.0320. The number of rotatable bonds is 5. The summed E-state index contributed by atoms with van der Waals surface area (Å²) in [6, 6.07) is 8.71. The summed E-state index contributed by atoms with van der Waals surface area (Å²) in [5.41, 5.74) is -0.151. The second-order valence-electron chi connectivity index (χ2n) is 12.7. The number of amides is 1. The van der Waals surface area contributed by atoms with Crippen molar-refractivity contribution in [2.24, 2.45) is 5.92 Å². The number of alkyl halides is 1. The van der Waals surface area contributed by atoms with Crippen LogP contribution >= 0.6 is 0 Å². The SMILES string of the molecule is C[C@@H]1Cc2c([nH]c3ccccc23)[C@@H](c2c(F)cc(C(=O)C3CN(C(=O)OC(C)(C)C)C3)cc2F)N1CC(C)(C)F. The lowest BCUT2D eigenvalue weighted by Gasteiger charge is -2.43. The fourth-order valence-corrected chi connectivity index (χ4v) is 5.84. The smallest absolute Gasteiger partial charge is 0.410 e. The van der Waals surface area contributed by atoms with Crippen LogP contribution in [-0.4, -0.2) is 63.6 Å². The molecule has 40 heavy (non-hydrogen) atoms. The highest BCUT2D eigenvalue weighted by Gasteiger charge is 2.42. The molecule has 9 heteroatoms. The number of fused-ring (bicyclic) bond motifs is 3. The van der Waals surface area contributed by atoms with E-state index in [4.69, 9.17) is 4.74 Å². The van der Waals surface area contributed by atoms with Crippen LogP contribution in [0.5, 0.6) is 0 Å². The van der Waals surface area contributed by atoms with Crippen LogP contribution in [0.25, 0.3) is 10.9 Å². The van der Waals surface area contributed by atoms with Gasteiger partial charge >= 0.3 is 6.09 Å². The van der Waals surface area contributed by atoms with E-state index in [0.717, 1.165) is 28.6 Å². The van der Waals surface area contributed by atoms with E-state index in [9.17, 15) is 14.0 Å². The Bertz CT molecular complexity index is 1440. The zero-order valence-electron chi connectivity index (χ0n) is 23.8. The predicted molar refractivity (Wildman–Crippen MR) is 147 cm³/mol. The molecule has 1 fully saturated rings. The third kappa shape index (κ3) is 5.36. The number of carbonyl (C=O) groups excluding carboxylic acids is 2. The molecule has 1 N–H and O–H groups in total. The Morgan fingerprint density at radius 3 is 2.27 bits per heavy atom. The lowest BCUT2D eigenvalue weighted by Crippen LogP contribution is -2.54. The number of para-hydroxylation sites is 1. The van der Waals surface area contributed by atoms with Crippen molar-refractivity contribution < 1.29 is 27.5 Å². The van der Waals surface area contributed by atoms with Crippen molar-refractivity contribution in [2.75, 3.05) is 19.6 Å². The van der Waals surface area contributed by atoms with E-state index in [2.05, 4.69) is 4.98 Å². The number of nitrogens with one attached hydrogen (secondary N) is 1. The van der Waals surface area contributed by atoms with E-state index < -0.39 is 46.7 Å². The number of hydrogen-bond donors (Lipinski definition) is 1. The first-order valence-corrected chi connectivity index (χ1v) is 13.7. The molecular formula is C31H36F3N3O3. The van der Waals surface area contributed by atoms with Gasteiger partial charge in [0, 0.05) is 53.4 Å². The number of ketones is 1. The topological polar surface area (TPSA) is 65.6 Å². The number of halogens is 3. The molecule has 2 aromatic carbocycles. The summed E-state index contributed by atoms with van der Waals surface area (Å²) in [6.07, 6.45) is 0.0716. The van der Waals surface area contributed by atoms with Crippen LogP contribution < -0.4 is 0 Å². The van der Waals surface area contributed by atoms with Crippen LogP contribution in [0.1, 0.15) is 74.8 Å². The maximum atomic E-state index is 15.9. The molecule has 3 heterocycles. The highest BCUT2D eigenvalue weighted by atomic mass is 19.1. The van der Waals surface area contributed by atoms with E-state index >= 15 is 8.78 Å². The molecule has 2 atom stereocenters. The fraction of sp³-hybridized carbons (Fsp3) is 0.484. The molecule has 0 unspecified atom stereocenters. The van der Waals surface area contributed by atoms with Crippen molar-refractivity contribution in [3.05, 3.63) is 70.4 Å². The first kappa shape index (κ1) is 28.2. The molecule has 0 aliphatic carbocycles. The van der Waals surface area contributed by atoms with Gasteiger partial charge in [-0.15, -0.1) is 0 Å². The van der Waals surface area contributed by atoms with E-state index in [-0.39, 0.29) is 36.8 Å². The Morgan fingerprint density at radius 2 is 1.68 bits per heavy atom. The third-order valence-corrected chi connectivity index (χ3v) is 7.62.